The highest BCUT2D eigenvalue weighted by atomic mass is 32.2. The summed E-state index contributed by atoms with van der Waals surface area (Å²) in [5.74, 6) is 0.0827. The van der Waals surface area contributed by atoms with E-state index in [9.17, 15) is 9.59 Å². The van der Waals surface area contributed by atoms with Crippen LogP contribution in [0.2, 0.25) is 0 Å². The zero-order valence-corrected chi connectivity index (χ0v) is 15.1. The molecule has 0 aliphatic carbocycles. The summed E-state index contributed by atoms with van der Waals surface area (Å²) in [6.07, 6.45) is 4.47. The average molecular weight is 355 g/mol. The summed E-state index contributed by atoms with van der Waals surface area (Å²) in [4.78, 5) is 21.8. The van der Waals surface area contributed by atoms with Crippen LogP contribution in [0.25, 0.3) is 0 Å². The molecule has 0 fully saturated rings. The Kier molecular flexibility index (Phi) is 13.6. The van der Waals surface area contributed by atoms with Crippen LogP contribution in [-0.2, 0) is 14.3 Å². The number of carbonyl (C=O) groups excluding carboxylic acids is 1. The summed E-state index contributed by atoms with van der Waals surface area (Å²) < 4.78 is 5.14. The van der Waals surface area contributed by atoms with Crippen molar-refractivity contribution in [3.8, 4) is 0 Å². The van der Waals surface area contributed by atoms with Gasteiger partial charge in [-0.15, -0.1) is 0 Å². The summed E-state index contributed by atoms with van der Waals surface area (Å²) in [5, 5.41) is 8.84. The summed E-state index contributed by atoms with van der Waals surface area (Å²) in [6.45, 7) is 2.51. The Balaban J connectivity index is 3.54. The molecule has 0 saturated carbocycles. The Hall–Kier alpha value is -0.0100. The molecular weight excluding hydrogens is 328 g/mol. The van der Waals surface area contributed by atoms with E-state index in [4.69, 9.17) is 9.84 Å². The topological polar surface area (TPSA) is 63.6 Å². The van der Waals surface area contributed by atoms with Gasteiger partial charge in [0.2, 0.25) is 0 Å². The highest BCUT2D eigenvalue weighted by molar-refractivity contribution is 7.99. The Morgan fingerprint density at radius 3 is 2.38 bits per heavy atom. The van der Waals surface area contributed by atoms with Crippen LogP contribution in [0.15, 0.2) is 0 Å². The first-order valence-electron chi connectivity index (χ1n) is 7.28. The molecule has 0 aliphatic heterocycles. The lowest BCUT2D eigenvalue weighted by Gasteiger charge is -2.17. The van der Waals surface area contributed by atoms with Crippen LogP contribution in [0.1, 0.15) is 45.4 Å². The van der Waals surface area contributed by atoms with E-state index in [1.807, 2.05) is 0 Å². The number of carboxylic acid groups (broad SMARTS) is 1. The largest absolute Gasteiger partial charge is 0.481 e. The maximum absolute atomic E-state index is 11.5. The van der Waals surface area contributed by atoms with Gasteiger partial charge in [-0.3, -0.25) is 9.59 Å². The van der Waals surface area contributed by atoms with Gasteiger partial charge < -0.3 is 9.84 Å². The van der Waals surface area contributed by atoms with E-state index in [1.165, 1.54) is 11.8 Å². The molecule has 21 heavy (non-hydrogen) atoms. The molecule has 0 saturated heterocycles. The van der Waals surface area contributed by atoms with E-state index < -0.39 is 5.97 Å². The van der Waals surface area contributed by atoms with Crippen LogP contribution in [0, 0.1) is 0 Å². The minimum Gasteiger partial charge on any atom is -0.481 e. The number of hydrogen-bond donors (Lipinski definition) is 3. The molecule has 0 amide bonds. The molecule has 0 aliphatic rings. The van der Waals surface area contributed by atoms with Crippen molar-refractivity contribution in [1.82, 2.24) is 0 Å². The molecule has 124 valence electrons. The van der Waals surface area contributed by atoms with E-state index in [1.54, 1.807) is 0 Å². The maximum atomic E-state index is 11.5. The van der Waals surface area contributed by atoms with Crippen molar-refractivity contribution in [1.29, 1.82) is 0 Å². The summed E-state index contributed by atoms with van der Waals surface area (Å²) in [6, 6.07) is 0. The lowest BCUT2D eigenvalue weighted by Crippen LogP contribution is -2.19. The Morgan fingerprint density at radius 1 is 1.14 bits per heavy atom. The number of carbonyl (C=O) groups is 2. The summed E-state index contributed by atoms with van der Waals surface area (Å²) in [7, 11) is 0. The molecule has 4 nitrogen and oxygen atoms in total. The second-order valence-corrected chi connectivity index (χ2v) is 7.34. The van der Waals surface area contributed by atoms with Crippen molar-refractivity contribution >= 4 is 49.0 Å². The van der Waals surface area contributed by atoms with Crippen molar-refractivity contribution < 1.29 is 19.4 Å². The number of hydrogen-bond acceptors (Lipinski definition) is 6. The van der Waals surface area contributed by atoms with E-state index in [-0.39, 0.29) is 22.9 Å². The van der Waals surface area contributed by atoms with E-state index in [0.717, 1.165) is 19.3 Å². The number of thioether (sulfide) groups is 1. The van der Waals surface area contributed by atoms with Crippen LogP contribution in [-0.4, -0.2) is 45.7 Å². The molecule has 0 aromatic rings. The molecule has 0 bridgehead atoms. The van der Waals surface area contributed by atoms with Gasteiger partial charge in [0.1, 0.15) is 0 Å². The molecule has 2 atom stereocenters. The van der Waals surface area contributed by atoms with Crippen LogP contribution >= 0.6 is 37.0 Å². The fourth-order valence-corrected chi connectivity index (χ4v) is 3.00. The monoisotopic (exact) mass is 354 g/mol. The van der Waals surface area contributed by atoms with Gasteiger partial charge in [-0.25, -0.2) is 0 Å². The standard InChI is InChI=1S/C14H26O4S3/c1-2-3-4-11(19)12(20)5-8-18-14(17)7-10-21-9-6-13(15)16/h11-12,19-20H,2-10H2,1H3,(H,15,16). The van der Waals surface area contributed by atoms with Crippen LogP contribution in [0.4, 0.5) is 0 Å². The number of unbranched alkanes of at least 4 members (excludes halogenated alkanes) is 1. The zero-order valence-electron chi connectivity index (χ0n) is 12.5. The lowest BCUT2D eigenvalue weighted by atomic mass is 10.1. The summed E-state index contributed by atoms with van der Waals surface area (Å²) in [5.41, 5.74) is 0. The minimum absolute atomic E-state index is 0.127. The predicted octanol–water partition coefficient (Wildman–Crippen LogP) is 3.30. The summed E-state index contributed by atoms with van der Waals surface area (Å²) >= 11 is 10.5. The zero-order chi connectivity index (χ0) is 16.1. The molecule has 0 rings (SSSR count). The molecular formula is C14H26O4S3. The Labute approximate surface area is 142 Å². The second-order valence-electron chi connectivity index (χ2n) is 4.79. The van der Waals surface area contributed by atoms with E-state index >= 15 is 0 Å². The highest BCUT2D eigenvalue weighted by Crippen LogP contribution is 2.18. The van der Waals surface area contributed by atoms with Gasteiger partial charge in [0.25, 0.3) is 0 Å². The van der Waals surface area contributed by atoms with Crippen LogP contribution in [0.3, 0.4) is 0 Å². The van der Waals surface area contributed by atoms with Crippen molar-refractivity contribution in [3.05, 3.63) is 0 Å². The first-order valence-corrected chi connectivity index (χ1v) is 9.47. The van der Waals surface area contributed by atoms with Gasteiger partial charge in [0, 0.05) is 22.0 Å². The van der Waals surface area contributed by atoms with Crippen molar-refractivity contribution in [2.45, 2.75) is 55.9 Å². The number of ether oxygens (including phenoxy) is 1. The predicted molar refractivity (Wildman–Crippen MR) is 94.8 cm³/mol. The van der Waals surface area contributed by atoms with Crippen LogP contribution < -0.4 is 0 Å². The van der Waals surface area contributed by atoms with Gasteiger partial charge >= 0.3 is 11.9 Å². The number of esters is 1. The normalized spacial score (nSPS) is 13.7. The Bertz CT molecular complexity index is 300. The molecule has 0 aromatic heterocycles. The van der Waals surface area contributed by atoms with E-state index in [2.05, 4.69) is 32.2 Å². The van der Waals surface area contributed by atoms with Gasteiger partial charge in [-0.1, -0.05) is 19.8 Å². The number of thiol groups is 2. The fraction of sp³-hybridized carbons (Fsp3) is 0.857. The first kappa shape index (κ1) is 21.0. The third kappa shape index (κ3) is 13.4. The highest BCUT2D eigenvalue weighted by Gasteiger charge is 2.14. The number of aliphatic carboxylic acids is 1. The molecule has 2 unspecified atom stereocenters. The smallest absolute Gasteiger partial charge is 0.306 e. The second kappa shape index (κ2) is 13.6. The van der Waals surface area contributed by atoms with Crippen molar-refractivity contribution in [2.75, 3.05) is 18.1 Å². The molecule has 1 N–H and O–H groups in total. The first-order chi connectivity index (χ1) is 9.97. The van der Waals surface area contributed by atoms with Gasteiger partial charge in [-0.05, 0) is 12.8 Å². The average Bonchev–Trinajstić information content (AvgIpc) is 2.43. The van der Waals surface area contributed by atoms with E-state index in [0.29, 0.717) is 31.0 Å². The third-order valence-electron chi connectivity index (χ3n) is 2.89. The molecule has 0 spiro atoms. The van der Waals surface area contributed by atoms with Gasteiger partial charge in [0.05, 0.1) is 19.4 Å². The van der Waals surface area contributed by atoms with Crippen molar-refractivity contribution in [2.24, 2.45) is 0 Å². The SMILES string of the molecule is CCCCC(S)C(S)CCOC(=O)CCSCCC(=O)O. The van der Waals surface area contributed by atoms with Gasteiger partial charge in [-0.2, -0.15) is 37.0 Å². The van der Waals surface area contributed by atoms with Crippen LogP contribution in [0.5, 0.6) is 0 Å². The lowest BCUT2D eigenvalue weighted by molar-refractivity contribution is -0.143. The van der Waals surface area contributed by atoms with Crippen molar-refractivity contribution in [3.63, 3.8) is 0 Å². The quantitative estimate of drug-likeness (QED) is 0.269. The molecule has 0 radical (unpaired) electrons. The van der Waals surface area contributed by atoms with Gasteiger partial charge in [0.15, 0.2) is 0 Å². The molecule has 7 heteroatoms. The Morgan fingerprint density at radius 2 is 1.76 bits per heavy atom. The fourth-order valence-electron chi connectivity index (χ4n) is 1.58. The molecule has 0 aromatic carbocycles. The third-order valence-corrected chi connectivity index (χ3v) is 5.34. The number of carboxylic acids is 1. The minimum atomic E-state index is -0.811. The molecule has 0 heterocycles. The maximum Gasteiger partial charge on any atom is 0.306 e. The number of rotatable bonds is 13.